The summed E-state index contributed by atoms with van der Waals surface area (Å²) in [6.07, 6.45) is 3.18. The van der Waals surface area contributed by atoms with Gasteiger partial charge in [0.05, 0.1) is 0 Å². The number of piperazine rings is 1. The van der Waals surface area contributed by atoms with Gasteiger partial charge in [0.2, 0.25) is 11.8 Å². The van der Waals surface area contributed by atoms with Crippen LogP contribution in [0.15, 0.2) is 30.3 Å². The zero-order valence-corrected chi connectivity index (χ0v) is 14.0. The van der Waals surface area contributed by atoms with Gasteiger partial charge in [0.1, 0.15) is 0 Å². The Labute approximate surface area is 138 Å². The third-order valence-corrected chi connectivity index (χ3v) is 4.18. The molecule has 2 rings (SSSR count). The molecule has 0 unspecified atom stereocenters. The minimum atomic E-state index is 0.0395. The predicted molar refractivity (Wildman–Crippen MR) is 92.2 cm³/mol. The summed E-state index contributed by atoms with van der Waals surface area (Å²) in [4.78, 5) is 28.1. The second-order valence-corrected chi connectivity index (χ2v) is 5.99. The Morgan fingerprint density at radius 1 is 1.04 bits per heavy atom. The second kappa shape index (κ2) is 9.30. The van der Waals surface area contributed by atoms with Gasteiger partial charge in [0, 0.05) is 51.3 Å². The lowest BCUT2D eigenvalue weighted by Crippen LogP contribution is -2.49. The number of benzene rings is 1. The zero-order chi connectivity index (χ0) is 16.5. The van der Waals surface area contributed by atoms with Crippen LogP contribution in [0.1, 0.15) is 32.6 Å². The molecule has 23 heavy (non-hydrogen) atoms. The van der Waals surface area contributed by atoms with Crippen LogP contribution in [0.25, 0.3) is 0 Å². The van der Waals surface area contributed by atoms with Gasteiger partial charge in [0.15, 0.2) is 0 Å². The highest BCUT2D eigenvalue weighted by Gasteiger charge is 2.20. The molecule has 1 aromatic carbocycles. The third kappa shape index (κ3) is 6.02. The van der Waals surface area contributed by atoms with Crippen LogP contribution in [-0.2, 0) is 9.59 Å². The normalized spacial score (nSPS) is 15.4. The van der Waals surface area contributed by atoms with Crippen LogP contribution in [0, 0.1) is 0 Å². The molecule has 1 aromatic rings. The van der Waals surface area contributed by atoms with Gasteiger partial charge >= 0.3 is 0 Å². The van der Waals surface area contributed by atoms with Crippen molar-refractivity contribution in [2.75, 3.05) is 38.0 Å². The number of hydrogen-bond donors (Lipinski definition) is 1. The van der Waals surface area contributed by atoms with Crippen molar-refractivity contribution in [2.24, 2.45) is 0 Å². The number of rotatable bonds is 7. The van der Waals surface area contributed by atoms with E-state index in [4.69, 9.17) is 0 Å². The Morgan fingerprint density at radius 2 is 1.74 bits per heavy atom. The lowest BCUT2D eigenvalue weighted by atomic mass is 10.2. The van der Waals surface area contributed by atoms with Gasteiger partial charge in [-0.05, 0) is 18.6 Å². The Morgan fingerprint density at radius 3 is 2.39 bits per heavy atom. The maximum Gasteiger partial charge on any atom is 0.225 e. The fourth-order valence-electron chi connectivity index (χ4n) is 2.71. The fraction of sp³-hybridized carbons (Fsp3) is 0.556. The Bertz CT molecular complexity index is 496. The van der Waals surface area contributed by atoms with E-state index in [0.717, 1.165) is 51.3 Å². The number of nitrogens with one attached hydrogen (secondary N) is 1. The number of amides is 2. The number of carbonyl (C=O) groups excluding carboxylic acids is 2. The molecule has 1 N–H and O–H groups in total. The topological polar surface area (TPSA) is 52.7 Å². The average molecular weight is 317 g/mol. The van der Waals surface area contributed by atoms with Crippen molar-refractivity contribution in [3.05, 3.63) is 30.3 Å². The number of hydrogen-bond acceptors (Lipinski definition) is 3. The van der Waals surface area contributed by atoms with Crippen molar-refractivity contribution in [3.63, 3.8) is 0 Å². The van der Waals surface area contributed by atoms with E-state index in [-0.39, 0.29) is 11.8 Å². The van der Waals surface area contributed by atoms with E-state index in [0.29, 0.717) is 12.8 Å². The monoisotopic (exact) mass is 317 g/mol. The largest absolute Gasteiger partial charge is 0.340 e. The second-order valence-electron chi connectivity index (χ2n) is 5.99. The van der Waals surface area contributed by atoms with Crippen molar-refractivity contribution < 1.29 is 9.59 Å². The van der Waals surface area contributed by atoms with Gasteiger partial charge in [0.25, 0.3) is 0 Å². The Kier molecular flexibility index (Phi) is 7.07. The predicted octanol–water partition coefficient (Wildman–Crippen LogP) is 2.35. The summed E-state index contributed by atoms with van der Waals surface area (Å²) in [5.74, 6) is 0.311. The quantitative estimate of drug-likeness (QED) is 0.840. The smallest absolute Gasteiger partial charge is 0.225 e. The van der Waals surface area contributed by atoms with Crippen molar-refractivity contribution in [1.82, 2.24) is 9.80 Å². The summed E-state index contributed by atoms with van der Waals surface area (Å²) in [6.45, 7) is 6.13. The first kappa shape index (κ1) is 17.5. The molecule has 0 aliphatic carbocycles. The number of carbonyl (C=O) groups is 2. The molecular weight excluding hydrogens is 290 g/mol. The SMILES string of the molecule is CCCCC(=O)N1CCN(CCC(=O)Nc2ccccc2)CC1. The van der Waals surface area contributed by atoms with Gasteiger partial charge in [-0.1, -0.05) is 31.5 Å². The van der Waals surface area contributed by atoms with E-state index in [2.05, 4.69) is 17.1 Å². The number of para-hydroxylation sites is 1. The van der Waals surface area contributed by atoms with E-state index in [1.165, 1.54) is 0 Å². The Balaban J connectivity index is 1.64. The molecule has 5 heteroatoms. The number of nitrogens with zero attached hydrogens (tertiary/aromatic N) is 2. The van der Waals surface area contributed by atoms with Crippen molar-refractivity contribution in [1.29, 1.82) is 0 Å². The molecule has 1 fully saturated rings. The van der Waals surface area contributed by atoms with Crippen molar-refractivity contribution >= 4 is 17.5 Å². The molecule has 1 heterocycles. The summed E-state index contributed by atoms with van der Waals surface area (Å²) in [7, 11) is 0. The molecule has 0 radical (unpaired) electrons. The van der Waals surface area contributed by atoms with Crippen LogP contribution in [0.4, 0.5) is 5.69 Å². The van der Waals surface area contributed by atoms with E-state index in [1.54, 1.807) is 0 Å². The first-order valence-electron chi connectivity index (χ1n) is 8.54. The average Bonchev–Trinajstić information content (AvgIpc) is 2.59. The van der Waals surface area contributed by atoms with E-state index in [1.807, 2.05) is 35.2 Å². The summed E-state index contributed by atoms with van der Waals surface area (Å²) < 4.78 is 0. The molecule has 0 aromatic heterocycles. The van der Waals surface area contributed by atoms with E-state index in [9.17, 15) is 9.59 Å². The van der Waals surface area contributed by atoms with Crippen LogP contribution in [-0.4, -0.2) is 54.3 Å². The maximum absolute atomic E-state index is 12.0. The van der Waals surface area contributed by atoms with Crippen LogP contribution in [0.5, 0.6) is 0 Å². The minimum absolute atomic E-state index is 0.0395. The third-order valence-electron chi connectivity index (χ3n) is 4.18. The van der Waals surface area contributed by atoms with Gasteiger partial charge in [-0.3, -0.25) is 14.5 Å². The van der Waals surface area contributed by atoms with Crippen molar-refractivity contribution in [2.45, 2.75) is 32.6 Å². The summed E-state index contributed by atoms with van der Waals surface area (Å²) in [5.41, 5.74) is 0.837. The fourth-order valence-corrected chi connectivity index (χ4v) is 2.71. The molecule has 1 saturated heterocycles. The molecule has 1 aliphatic heterocycles. The molecule has 2 amide bonds. The van der Waals surface area contributed by atoms with Crippen LogP contribution in [0.2, 0.25) is 0 Å². The van der Waals surface area contributed by atoms with E-state index < -0.39 is 0 Å². The standard InChI is InChI=1S/C18H27N3O2/c1-2-3-9-18(23)21-14-12-20(13-15-21)11-10-17(22)19-16-7-5-4-6-8-16/h4-8H,2-3,9-15H2,1H3,(H,19,22). The van der Waals surface area contributed by atoms with Crippen molar-refractivity contribution in [3.8, 4) is 0 Å². The molecule has 5 nitrogen and oxygen atoms in total. The Hall–Kier alpha value is -1.88. The minimum Gasteiger partial charge on any atom is -0.340 e. The lowest BCUT2D eigenvalue weighted by Gasteiger charge is -2.34. The maximum atomic E-state index is 12.0. The van der Waals surface area contributed by atoms with Crippen LogP contribution >= 0.6 is 0 Å². The molecule has 0 saturated carbocycles. The van der Waals surface area contributed by atoms with Crippen LogP contribution < -0.4 is 5.32 Å². The lowest BCUT2D eigenvalue weighted by molar-refractivity contribution is -0.133. The first-order valence-corrected chi connectivity index (χ1v) is 8.54. The summed E-state index contributed by atoms with van der Waals surface area (Å²) in [5, 5.41) is 2.90. The van der Waals surface area contributed by atoms with Gasteiger partial charge < -0.3 is 10.2 Å². The number of anilines is 1. The van der Waals surface area contributed by atoms with E-state index >= 15 is 0 Å². The molecule has 126 valence electrons. The highest BCUT2D eigenvalue weighted by molar-refractivity contribution is 5.90. The summed E-state index contributed by atoms with van der Waals surface area (Å²) in [6, 6.07) is 9.52. The first-order chi connectivity index (χ1) is 11.2. The molecule has 0 bridgehead atoms. The molecule has 1 aliphatic rings. The molecule has 0 atom stereocenters. The number of unbranched alkanes of at least 4 members (excludes halogenated alkanes) is 1. The van der Waals surface area contributed by atoms with Gasteiger partial charge in [-0.25, -0.2) is 0 Å². The molecule has 0 spiro atoms. The van der Waals surface area contributed by atoms with Gasteiger partial charge in [-0.15, -0.1) is 0 Å². The van der Waals surface area contributed by atoms with Crippen LogP contribution in [0.3, 0.4) is 0 Å². The van der Waals surface area contributed by atoms with Gasteiger partial charge in [-0.2, -0.15) is 0 Å². The highest BCUT2D eigenvalue weighted by atomic mass is 16.2. The molecular formula is C18H27N3O2. The summed E-state index contributed by atoms with van der Waals surface area (Å²) >= 11 is 0. The highest BCUT2D eigenvalue weighted by Crippen LogP contribution is 2.08. The zero-order valence-electron chi connectivity index (χ0n) is 14.0.